The molecule has 1 fully saturated rings. The number of nitrogens with one attached hydrogen (secondary N) is 1. The molecule has 1 heterocycles. The molecule has 1 N–H and O–H groups in total. The lowest BCUT2D eigenvalue weighted by molar-refractivity contribution is 0.242. The van der Waals surface area contributed by atoms with E-state index >= 15 is 0 Å². The third-order valence-corrected chi connectivity index (χ3v) is 6.43. The van der Waals surface area contributed by atoms with Crippen molar-refractivity contribution in [2.75, 3.05) is 6.54 Å². The molecular weight excluding hydrogens is 362 g/mol. The fourth-order valence-electron chi connectivity index (χ4n) is 3.47. The summed E-state index contributed by atoms with van der Waals surface area (Å²) in [5, 5.41) is 3.54. The minimum absolute atomic E-state index is 0.399. The molecule has 0 aliphatic carbocycles. The standard InChI is InChI=1S/C29H47N/c1-6-7-8-9-10-11-12-14-17-20-23-27(2)24-21-18-15-13-16-19-22-25-28(3,4)29(5)26-30-29/h7-8,10,12,14,17-18,20-21,23,27,30H,6,9,13,15-16,19,22,24-26H2,1-5H3/b8-7-,17-14+,21-18-,23-20+. The van der Waals surface area contributed by atoms with Gasteiger partial charge in [-0.25, -0.2) is 0 Å². The van der Waals surface area contributed by atoms with E-state index in [4.69, 9.17) is 0 Å². The third kappa shape index (κ3) is 12.2. The van der Waals surface area contributed by atoms with E-state index in [1.807, 2.05) is 12.2 Å². The van der Waals surface area contributed by atoms with Crippen molar-refractivity contribution < 1.29 is 0 Å². The van der Waals surface area contributed by atoms with Crippen LogP contribution in [0.1, 0.15) is 92.4 Å². The van der Waals surface area contributed by atoms with Crippen LogP contribution in [0.5, 0.6) is 0 Å². The quantitative estimate of drug-likeness (QED) is 0.0891. The van der Waals surface area contributed by atoms with Crippen LogP contribution < -0.4 is 5.32 Å². The first-order valence-electron chi connectivity index (χ1n) is 12.2. The first-order chi connectivity index (χ1) is 14.4. The predicted octanol–water partition coefficient (Wildman–Crippen LogP) is 8.48. The molecule has 1 heteroatoms. The van der Waals surface area contributed by atoms with Gasteiger partial charge in [-0.05, 0) is 68.9 Å². The van der Waals surface area contributed by atoms with E-state index in [-0.39, 0.29) is 0 Å². The molecule has 0 spiro atoms. The van der Waals surface area contributed by atoms with E-state index in [9.17, 15) is 0 Å². The Bertz CT molecular complexity index is 619. The van der Waals surface area contributed by atoms with Crippen molar-refractivity contribution in [3.8, 4) is 0 Å². The van der Waals surface area contributed by atoms with Crippen LogP contribution in [0.15, 0.2) is 66.5 Å². The lowest BCUT2D eigenvalue weighted by atomic mass is 9.75. The zero-order chi connectivity index (χ0) is 22.1. The molecule has 0 aromatic rings. The largest absolute Gasteiger partial charge is 0.308 e. The average molecular weight is 410 g/mol. The molecule has 1 saturated heterocycles. The third-order valence-electron chi connectivity index (χ3n) is 6.43. The molecule has 1 aliphatic rings. The van der Waals surface area contributed by atoms with Gasteiger partial charge in [-0.1, -0.05) is 95.6 Å². The van der Waals surface area contributed by atoms with Crippen molar-refractivity contribution in [1.29, 1.82) is 0 Å². The molecule has 2 atom stereocenters. The lowest BCUT2D eigenvalue weighted by Crippen LogP contribution is -2.32. The second-order valence-corrected chi connectivity index (χ2v) is 9.63. The molecule has 30 heavy (non-hydrogen) atoms. The van der Waals surface area contributed by atoms with Crippen LogP contribution in [0.4, 0.5) is 0 Å². The lowest BCUT2D eigenvalue weighted by Gasteiger charge is -2.30. The Morgan fingerprint density at radius 3 is 2.50 bits per heavy atom. The summed E-state index contributed by atoms with van der Waals surface area (Å²) in [7, 11) is 0. The summed E-state index contributed by atoms with van der Waals surface area (Å²) in [4.78, 5) is 0. The summed E-state index contributed by atoms with van der Waals surface area (Å²) >= 11 is 0. The Hall–Kier alpha value is -1.56. The van der Waals surface area contributed by atoms with E-state index < -0.39 is 0 Å². The van der Waals surface area contributed by atoms with Crippen LogP contribution in [-0.4, -0.2) is 12.1 Å². The van der Waals surface area contributed by atoms with Crippen LogP contribution in [0.2, 0.25) is 0 Å². The highest BCUT2D eigenvalue weighted by atomic mass is 15.2. The second-order valence-electron chi connectivity index (χ2n) is 9.63. The van der Waals surface area contributed by atoms with Crippen molar-refractivity contribution in [2.45, 2.75) is 97.9 Å². The number of allylic oxidation sites excluding steroid dienone is 9. The van der Waals surface area contributed by atoms with Crippen molar-refractivity contribution in [2.24, 2.45) is 11.3 Å². The van der Waals surface area contributed by atoms with Crippen molar-refractivity contribution in [1.82, 2.24) is 5.32 Å². The van der Waals surface area contributed by atoms with Crippen LogP contribution in [0, 0.1) is 11.3 Å². The fourth-order valence-corrected chi connectivity index (χ4v) is 3.47. The first kappa shape index (κ1) is 26.5. The van der Waals surface area contributed by atoms with Crippen molar-refractivity contribution >= 4 is 0 Å². The monoisotopic (exact) mass is 409 g/mol. The molecule has 0 radical (unpaired) electrons. The average Bonchev–Trinajstić information content (AvgIpc) is 3.47. The van der Waals surface area contributed by atoms with Gasteiger partial charge in [-0.2, -0.15) is 0 Å². The topological polar surface area (TPSA) is 21.9 Å². The Labute approximate surface area is 187 Å². The first-order valence-corrected chi connectivity index (χ1v) is 12.2. The van der Waals surface area contributed by atoms with Gasteiger partial charge in [0.05, 0.1) is 0 Å². The van der Waals surface area contributed by atoms with E-state index in [0.717, 1.165) is 19.3 Å². The Balaban J connectivity index is 2.02. The number of hydrogen-bond acceptors (Lipinski definition) is 1. The summed E-state index contributed by atoms with van der Waals surface area (Å²) < 4.78 is 0. The van der Waals surface area contributed by atoms with Crippen LogP contribution in [0.25, 0.3) is 0 Å². The molecule has 2 unspecified atom stereocenters. The normalized spacial score (nSPS) is 20.4. The van der Waals surface area contributed by atoms with Gasteiger partial charge in [0.25, 0.3) is 0 Å². The maximum atomic E-state index is 3.54. The summed E-state index contributed by atoms with van der Waals surface area (Å²) in [6.45, 7) is 12.8. The van der Waals surface area contributed by atoms with Gasteiger partial charge in [0, 0.05) is 12.1 Å². The Morgan fingerprint density at radius 1 is 1.00 bits per heavy atom. The van der Waals surface area contributed by atoms with E-state index in [1.54, 1.807) is 0 Å². The fraction of sp³-hybridized carbons (Fsp3) is 0.621. The number of rotatable bonds is 16. The smallest absolute Gasteiger partial charge is 0.0330 e. The maximum absolute atomic E-state index is 3.54. The van der Waals surface area contributed by atoms with Gasteiger partial charge in [0.2, 0.25) is 0 Å². The zero-order valence-corrected chi connectivity index (χ0v) is 20.4. The van der Waals surface area contributed by atoms with Crippen molar-refractivity contribution in [3.63, 3.8) is 0 Å². The molecule has 0 amide bonds. The summed E-state index contributed by atoms with van der Waals surface area (Å²) in [5.74, 6) is 0.587. The molecule has 0 aromatic heterocycles. The zero-order valence-electron chi connectivity index (χ0n) is 20.4. The summed E-state index contributed by atoms with van der Waals surface area (Å²) in [6, 6.07) is 0. The predicted molar refractivity (Wildman–Crippen MR) is 136 cm³/mol. The SMILES string of the molecule is CC/C=C\CC=C=C/C=C/C=C/C(C)C/C=C\CCCCCCC(C)(C)C1(C)CN1. The van der Waals surface area contributed by atoms with Crippen LogP contribution in [-0.2, 0) is 0 Å². The highest BCUT2D eigenvalue weighted by Gasteiger charge is 2.49. The van der Waals surface area contributed by atoms with E-state index in [0.29, 0.717) is 16.9 Å². The molecular formula is C29H47N. The van der Waals surface area contributed by atoms with Gasteiger partial charge < -0.3 is 5.32 Å². The molecule has 0 bridgehead atoms. The molecule has 1 rings (SSSR count). The van der Waals surface area contributed by atoms with Gasteiger partial charge in [0.1, 0.15) is 0 Å². The summed E-state index contributed by atoms with van der Waals surface area (Å²) in [6.07, 6.45) is 32.9. The van der Waals surface area contributed by atoms with Gasteiger partial charge in [0.15, 0.2) is 0 Å². The Morgan fingerprint density at radius 2 is 1.77 bits per heavy atom. The highest BCUT2D eigenvalue weighted by molar-refractivity contribution is 5.12. The minimum Gasteiger partial charge on any atom is -0.308 e. The summed E-state index contributed by atoms with van der Waals surface area (Å²) in [5.41, 5.74) is 4.01. The van der Waals surface area contributed by atoms with Gasteiger partial charge >= 0.3 is 0 Å². The van der Waals surface area contributed by atoms with Crippen molar-refractivity contribution in [3.05, 3.63) is 66.5 Å². The van der Waals surface area contributed by atoms with E-state index in [1.165, 1.54) is 45.1 Å². The Kier molecular flexibility index (Phi) is 13.5. The number of hydrogen-bond donors (Lipinski definition) is 1. The van der Waals surface area contributed by atoms with Crippen LogP contribution >= 0.6 is 0 Å². The molecule has 0 aromatic carbocycles. The molecule has 0 saturated carbocycles. The number of unbranched alkanes of at least 4 members (excludes halogenated alkanes) is 4. The molecule has 168 valence electrons. The minimum atomic E-state index is 0.399. The molecule has 1 aliphatic heterocycles. The van der Waals surface area contributed by atoms with E-state index in [2.05, 4.69) is 94.3 Å². The maximum Gasteiger partial charge on any atom is 0.0330 e. The van der Waals surface area contributed by atoms with Gasteiger partial charge in [-0.3, -0.25) is 0 Å². The second kappa shape index (κ2) is 15.3. The highest BCUT2D eigenvalue weighted by Crippen LogP contribution is 2.41. The van der Waals surface area contributed by atoms with Gasteiger partial charge in [-0.15, -0.1) is 5.73 Å². The van der Waals surface area contributed by atoms with Crippen LogP contribution in [0.3, 0.4) is 0 Å². The molecule has 1 nitrogen and oxygen atoms in total.